The molecule has 0 unspecified atom stereocenters. The summed E-state index contributed by atoms with van der Waals surface area (Å²) in [6.07, 6.45) is 0. The normalized spacial score (nSPS) is 11.6. The van der Waals surface area contributed by atoms with Crippen molar-refractivity contribution in [2.24, 2.45) is 0 Å². The summed E-state index contributed by atoms with van der Waals surface area (Å²) in [4.78, 5) is 25.5. The molecule has 4 aromatic heterocycles. The van der Waals surface area contributed by atoms with Crippen molar-refractivity contribution in [1.29, 1.82) is 0 Å². The molecule has 0 amide bonds. The van der Waals surface area contributed by atoms with Gasteiger partial charge in [-0.1, -0.05) is 127 Å². The van der Waals surface area contributed by atoms with E-state index in [1.165, 1.54) is 21.8 Å². The molecule has 0 radical (unpaired) electrons. The van der Waals surface area contributed by atoms with Crippen LogP contribution in [0.5, 0.6) is 0 Å². The van der Waals surface area contributed by atoms with Gasteiger partial charge >= 0.3 is 0 Å². The first-order chi connectivity index (χ1) is 27.7. The molecule has 7 aromatic carbocycles. The maximum absolute atomic E-state index is 5.32. The van der Waals surface area contributed by atoms with Crippen LogP contribution in [-0.4, -0.2) is 29.5 Å². The van der Waals surface area contributed by atoms with Crippen molar-refractivity contribution in [3.05, 3.63) is 182 Å². The topological polar surface area (TPSA) is 69.4 Å². The van der Waals surface area contributed by atoms with E-state index in [2.05, 4.69) is 120 Å². The lowest BCUT2D eigenvalue weighted by Gasteiger charge is -2.10. The SMILES string of the molecule is c1ccc(-c2nc(-c3ccccc3)nc(-c3ccc4sc5c(-c6ccccc6)nc(-c6ccc(-n7c8ccccc8c8ccccc87)cc6)nc5c4c3)n2)cc1. The molecule has 0 aliphatic carbocycles. The second kappa shape index (κ2) is 13.2. The molecule has 0 aliphatic rings. The highest BCUT2D eigenvalue weighted by Crippen LogP contribution is 2.41. The van der Waals surface area contributed by atoms with Crippen LogP contribution >= 0.6 is 11.3 Å². The van der Waals surface area contributed by atoms with Crippen LogP contribution < -0.4 is 0 Å². The second-order valence-electron chi connectivity index (χ2n) is 13.7. The standard InChI is InChI=1S/C49H30N6S/c1-4-14-31(15-5-1)43-45-44(51-46(50-43)34-24-27-36(28-25-34)55-40-22-12-10-20-37(40)38-21-11-13-23-41(38)55)39-30-35(26-29-42(39)56-45)49-53-47(32-16-6-2-7-17-32)52-48(54-49)33-18-8-3-9-19-33/h1-30H. The monoisotopic (exact) mass is 734 g/mol. The number of nitrogens with zero attached hydrogens (tertiary/aromatic N) is 6. The van der Waals surface area contributed by atoms with Gasteiger partial charge in [-0.05, 0) is 54.6 Å². The number of fused-ring (bicyclic) bond motifs is 6. The number of para-hydroxylation sites is 2. The largest absolute Gasteiger partial charge is 0.309 e. The molecule has 56 heavy (non-hydrogen) atoms. The average Bonchev–Trinajstić information content (AvgIpc) is 3.82. The van der Waals surface area contributed by atoms with E-state index in [-0.39, 0.29) is 0 Å². The van der Waals surface area contributed by atoms with E-state index in [0.717, 1.165) is 59.5 Å². The maximum Gasteiger partial charge on any atom is 0.164 e. The molecule has 0 saturated heterocycles. The highest BCUT2D eigenvalue weighted by Gasteiger charge is 2.19. The van der Waals surface area contributed by atoms with E-state index in [4.69, 9.17) is 24.9 Å². The van der Waals surface area contributed by atoms with Gasteiger partial charge in [0.2, 0.25) is 0 Å². The zero-order chi connectivity index (χ0) is 37.0. The molecular weight excluding hydrogens is 705 g/mol. The van der Waals surface area contributed by atoms with Crippen LogP contribution in [0.1, 0.15) is 0 Å². The fourth-order valence-corrected chi connectivity index (χ4v) is 8.74. The van der Waals surface area contributed by atoms with Crippen LogP contribution in [0.4, 0.5) is 0 Å². The Morgan fingerprint density at radius 2 is 0.821 bits per heavy atom. The zero-order valence-corrected chi connectivity index (χ0v) is 30.7. The summed E-state index contributed by atoms with van der Waals surface area (Å²) in [7, 11) is 0. The van der Waals surface area contributed by atoms with Gasteiger partial charge in [0.1, 0.15) is 0 Å². The van der Waals surface area contributed by atoms with Crippen LogP contribution in [0.3, 0.4) is 0 Å². The number of thiophene rings is 1. The minimum absolute atomic E-state index is 0.608. The molecular formula is C49H30N6S. The number of aromatic nitrogens is 6. The molecule has 0 atom stereocenters. The Hall–Kier alpha value is -7.35. The average molecular weight is 735 g/mol. The van der Waals surface area contributed by atoms with Gasteiger partial charge in [-0.3, -0.25) is 0 Å². The van der Waals surface area contributed by atoms with E-state index in [9.17, 15) is 0 Å². The molecule has 11 rings (SSSR count). The Balaban J connectivity index is 1.08. The van der Waals surface area contributed by atoms with Gasteiger partial charge in [-0.25, -0.2) is 24.9 Å². The van der Waals surface area contributed by atoms with Gasteiger partial charge in [0.15, 0.2) is 23.3 Å². The van der Waals surface area contributed by atoms with Crippen molar-refractivity contribution < 1.29 is 0 Å². The quantitative estimate of drug-likeness (QED) is 0.170. The van der Waals surface area contributed by atoms with Gasteiger partial charge < -0.3 is 4.57 Å². The fraction of sp³-hybridized carbons (Fsp3) is 0. The van der Waals surface area contributed by atoms with Crippen LogP contribution in [0, 0.1) is 0 Å². The lowest BCUT2D eigenvalue weighted by atomic mass is 10.1. The molecule has 0 fully saturated rings. The van der Waals surface area contributed by atoms with E-state index >= 15 is 0 Å². The predicted octanol–water partition coefficient (Wildman–Crippen LogP) is 12.5. The molecule has 4 heterocycles. The van der Waals surface area contributed by atoms with Crippen molar-refractivity contribution in [3.63, 3.8) is 0 Å². The minimum Gasteiger partial charge on any atom is -0.309 e. The molecule has 0 N–H and O–H groups in total. The Kier molecular flexibility index (Phi) is 7.57. The maximum atomic E-state index is 5.32. The summed E-state index contributed by atoms with van der Waals surface area (Å²) >= 11 is 1.71. The first-order valence-corrected chi connectivity index (χ1v) is 19.3. The van der Waals surface area contributed by atoms with Crippen LogP contribution in [0.2, 0.25) is 0 Å². The van der Waals surface area contributed by atoms with E-state index < -0.39 is 0 Å². The van der Waals surface area contributed by atoms with Gasteiger partial charge in [0.05, 0.1) is 26.9 Å². The van der Waals surface area contributed by atoms with Crippen LogP contribution in [0.25, 0.3) is 105 Å². The summed E-state index contributed by atoms with van der Waals surface area (Å²) in [5.74, 6) is 2.54. The Morgan fingerprint density at radius 1 is 0.357 bits per heavy atom. The smallest absolute Gasteiger partial charge is 0.164 e. The Morgan fingerprint density at radius 3 is 1.41 bits per heavy atom. The molecule has 0 saturated carbocycles. The number of hydrogen-bond acceptors (Lipinski definition) is 6. The lowest BCUT2D eigenvalue weighted by Crippen LogP contribution is -2.00. The van der Waals surface area contributed by atoms with Gasteiger partial charge in [-0.2, -0.15) is 0 Å². The highest BCUT2D eigenvalue weighted by atomic mass is 32.1. The number of rotatable bonds is 6. The summed E-state index contributed by atoms with van der Waals surface area (Å²) < 4.78 is 4.49. The molecule has 262 valence electrons. The molecule has 7 heteroatoms. The van der Waals surface area contributed by atoms with Gasteiger partial charge in [0.25, 0.3) is 0 Å². The summed E-state index contributed by atoms with van der Waals surface area (Å²) in [6, 6.07) is 62.7. The van der Waals surface area contributed by atoms with Crippen molar-refractivity contribution in [3.8, 4) is 62.5 Å². The third-order valence-corrected chi connectivity index (χ3v) is 11.4. The van der Waals surface area contributed by atoms with Crippen molar-refractivity contribution in [1.82, 2.24) is 29.5 Å². The molecule has 11 aromatic rings. The van der Waals surface area contributed by atoms with Crippen LogP contribution in [0.15, 0.2) is 182 Å². The predicted molar refractivity (Wildman–Crippen MR) is 230 cm³/mol. The number of hydrogen-bond donors (Lipinski definition) is 0. The zero-order valence-electron chi connectivity index (χ0n) is 29.9. The minimum atomic E-state index is 0.608. The third kappa shape index (κ3) is 5.44. The molecule has 6 nitrogen and oxygen atoms in total. The van der Waals surface area contributed by atoms with E-state index in [1.54, 1.807) is 11.3 Å². The van der Waals surface area contributed by atoms with E-state index in [0.29, 0.717) is 23.3 Å². The number of benzene rings is 7. The van der Waals surface area contributed by atoms with Crippen molar-refractivity contribution in [2.45, 2.75) is 0 Å². The summed E-state index contributed by atoms with van der Waals surface area (Å²) in [5, 5.41) is 3.51. The summed E-state index contributed by atoms with van der Waals surface area (Å²) in [5.41, 5.74) is 10.0. The third-order valence-electron chi connectivity index (χ3n) is 10.3. The first kappa shape index (κ1) is 32.1. The van der Waals surface area contributed by atoms with E-state index in [1.807, 2.05) is 66.7 Å². The molecule has 0 spiro atoms. The Labute approximate surface area is 326 Å². The summed E-state index contributed by atoms with van der Waals surface area (Å²) in [6.45, 7) is 0. The fourth-order valence-electron chi connectivity index (χ4n) is 7.60. The second-order valence-corrected chi connectivity index (χ2v) is 14.8. The Bertz CT molecular complexity index is 3120. The van der Waals surface area contributed by atoms with Crippen molar-refractivity contribution >= 4 is 53.4 Å². The van der Waals surface area contributed by atoms with Gasteiger partial charge in [-0.15, -0.1) is 11.3 Å². The van der Waals surface area contributed by atoms with Gasteiger partial charge in [0, 0.05) is 54.4 Å². The van der Waals surface area contributed by atoms with Crippen molar-refractivity contribution in [2.75, 3.05) is 0 Å². The molecule has 0 aliphatic heterocycles. The first-order valence-electron chi connectivity index (χ1n) is 18.5. The highest BCUT2D eigenvalue weighted by molar-refractivity contribution is 7.26. The van der Waals surface area contributed by atoms with Crippen LogP contribution in [-0.2, 0) is 0 Å². The molecule has 0 bridgehead atoms. The lowest BCUT2D eigenvalue weighted by molar-refractivity contribution is 1.07.